The van der Waals surface area contributed by atoms with E-state index in [4.69, 9.17) is 0 Å². The average molecular weight is 218 g/mol. The molecule has 2 amide bonds. The van der Waals surface area contributed by atoms with Crippen LogP contribution in [0, 0.1) is 0 Å². The van der Waals surface area contributed by atoms with Crippen molar-refractivity contribution in [1.29, 1.82) is 0 Å². The van der Waals surface area contributed by atoms with Gasteiger partial charge in [-0.05, 0) is 19.3 Å². The highest BCUT2D eigenvalue weighted by Crippen LogP contribution is 1.95. The molecule has 2 N–H and O–H groups in total. The van der Waals surface area contributed by atoms with Crippen molar-refractivity contribution < 1.29 is 14.0 Å². The van der Waals surface area contributed by atoms with Crippen LogP contribution in [0.3, 0.4) is 0 Å². The Hall–Kier alpha value is -1.13. The Morgan fingerprint density at radius 1 is 1.00 bits per heavy atom. The van der Waals surface area contributed by atoms with Gasteiger partial charge in [0.2, 0.25) is 11.8 Å². The molecular formula is C10H19FN2O2. The molecule has 0 bridgehead atoms. The highest BCUT2D eigenvalue weighted by molar-refractivity contribution is 5.81. The van der Waals surface area contributed by atoms with Crippen molar-refractivity contribution in [3.63, 3.8) is 0 Å². The zero-order valence-electron chi connectivity index (χ0n) is 9.14. The Labute approximate surface area is 89.6 Å². The van der Waals surface area contributed by atoms with Crippen molar-refractivity contribution >= 4 is 11.8 Å². The Morgan fingerprint density at radius 2 is 1.53 bits per heavy atom. The van der Waals surface area contributed by atoms with Crippen molar-refractivity contribution in [2.75, 3.05) is 6.67 Å². The van der Waals surface area contributed by atoms with Gasteiger partial charge in [0.25, 0.3) is 0 Å². The zero-order valence-corrected chi connectivity index (χ0v) is 9.14. The zero-order chi connectivity index (χ0) is 11.5. The molecular weight excluding hydrogens is 199 g/mol. The molecule has 0 aliphatic rings. The molecule has 0 aliphatic carbocycles. The van der Waals surface area contributed by atoms with E-state index in [1.165, 1.54) is 0 Å². The fourth-order valence-electron chi connectivity index (χ4n) is 0.982. The number of carbonyl (C=O) groups excluding carboxylic acids is 2. The summed E-state index contributed by atoms with van der Waals surface area (Å²) in [5, 5.41) is 0. The maximum Gasteiger partial charge on any atom is 0.238 e. The summed E-state index contributed by atoms with van der Waals surface area (Å²) in [6, 6.07) is 0. The number of halogens is 1. The lowest BCUT2D eigenvalue weighted by atomic mass is 10.2. The predicted molar refractivity (Wildman–Crippen MR) is 55.6 cm³/mol. The molecule has 0 aromatic heterocycles. The Morgan fingerprint density at radius 3 is 2.00 bits per heavy atom. The molecule has 88 valence electrons. The number of unbranched alkanes of at least 4 members (excludes halogenated alkanes) is 2. The van der Waals surface area contributed by atoms with Crippen molar-refractivity contribution in [1.82, 2.24) is 10.9 Å². The second kappa shape index (κ2) is 9.43. The summed E-state index contributed by atoms with van der Waals surface area (Å²) >= 11 is 0. The number of amides is 2. The first-order valence-corrected chi connectivity index (χ1v) is 5.34. The molecule has 0 fully saturated rings. The third-order valence-electron chi connectivity index (χ3n) is 1.89. The molecule has 0 saturated heterocycles. The number of hydrazine groups is 1. The van der Waals surface area contributed by atoms with Gasteiger partial charge >= 0.3 is 0 Å². The average Bonchev–Trinajstić information content (AvgIpc) is 2.24. The molecule has 0 heterocycles. The first-order valence-electron chi connectivity index (χ1n) is 5.34. The lowest BCUT2D eigenvalue weighted by molar-refractivity contribution is -0.129. The largest absolute Gasteiger partial charge is 0.273 e. The predicted octanol–water partition coefficient (Wildman–Crippen LogP) is 1.46. The minimum Gasteiger partial charge on any atom is -0.273 e. The van der Waals surface area contributed by atoms with E-state index < -0.39 is 6.67 Å². The van der Waals surface area contributed by atoms with E-state index in [1.807, 2.05) is 6.92 Å². The van der Waals surface area contributed by atoms with Gasteiger partial charge in [-0.2, -0.15) is 0 Å². The molecule has 4 nitrogen and oxygen atoms in total. The molecule has 0 rings (SSSR count). The Bertz CT molecular complexity index is 198. The summed E-state index contributed by atoms with van der Waals surface area (Å²) in [5.74, 6) is -0.455. The Balaban J connectivity index is 3.40. The number of hydrogen-bond donors (Lipinski definition) is 2. The molecule has 0 spiro atoms. The molecule has 15 heavy (non-hydrogen) atoms. The van der Waals surface area contributed by atoms with Crippen molar-refractivity contribution in [3.05, 3.63) is 0 Å². The third-order valence-corrected chi connectivity index (χ3v) is 1.89. The second-order valence-corrected chi connectivity index (χ2v) is 3.35. The second-order valence-electron chi connectivity index (χ2n) is 3.35. The Kier molecular flexibility index (Phi) is 8.72. The van der Waals surface area contributed by atoms with Gasteiger partial charge < -0.3 is 0 Å². The van der Waals surface area contributed by atoms with E-state index >= 15 is 0 Å². The van der Waals surface area contributed by atoms with Crippen LogP contribution >= 0.6 is 0 Å². The monoisotopic (exact) mass is 218 g/mol. The standard InChI is InChI=1S/C10H19FN2O2/c1-2-3-6-9(14)12-13-10(15)7-4-5-8-11/h2-8H2,1H3,(H,12,14)(H,13,15). The van der Waals surface area contributed by atoms with Crippen LogP contribution in [-0.2, 0) is 9.59 Å². The first kappa shape index (κ1) is 13.9. The molecule has 0 saturated carbocycles. The maximum atomic E-state index is 11.7. The van der Waals surface area contributed by atoms with Gasteiger partial charge in [-0.3, -0.25) is 24.8 Å². The number of rotatable bonds is 7. The van der Waals surface area contributed by atoms with Gasteiger partial charge in [0.1, 0.15) is 0 Å². The first-order chi connectivity index (χ1) is 7.20. The molecule has 5 heteroatoms. The summed E-state index contributed by atoms with van der Waals surface area (Å²) in [7, 11) is 0. The lowest BCUT2D eigenvalue weighted by Gasteiger charge is -2.06. The van der Waals surface area contributed by atoms with Crippen LogP contribution in [0.2, 0.25) is 0 Å². The maximum absolute atomic E-state index is 11.7. The van der Waals surface area contributed by atoms with Crippen molar-refractivity contribution in [2.24, 2.45) is 0 Å². The molecule has 0 atom stereocenters. The van der Waals surface area contributed by atoms with Gasteiger partial charge in [-0.25, -0.2) is 0 Å². The van der Waals surface area contributed by atoms with E-state index in [-0.39, 0.29) is 18.2 Å². The summed E-state index contributed by atoms with van der Waals surface area (Å²) in [4.78, 5) is 22.1. The van der Waals surface area contributed by atoms with Gasteiger partial charge in [0, 0.05) is 12.8 Å². The van der Waals surface area contributed by atoms with Crippen LogP contribution in [0.4, 0.5) is 4.39 Å². The van der Waals surface area contributed by atoms with Crippen molar-refractivity contribution in [2.45, 2.75) is 45.4 Å². The summed E-state index contributed by atoms with van der Waals surface area (Å²) in [6.07, 6.45) is 3.31. The van der Waals surface area contributed by atoms with Gasteiger partial charge in [0.15, 0.2) is 0 Å². The SMILES string of the molecule is CCCCC(=O)NNC(=O)CCCCF. The molecule has 0 radical (unpaired) electrons. The number of carbonyl (C=O) groups is 2. The quantitative estimate of drug-likeness (QED) is 0.502. The van der Waals surface area contributed by atoms with Crippen LogP contribution in [0.15, 0.2) is 0 Å². The summed E-state index contributed by atoms with van der Waals surface area (Å²) < 4.78 is 11.7. The highest BCUT2D eigenvalue weighted by Gasteiger charge is 2.03. The fourth-order valence-corrected chi connectivity index (χ4v) is 0.982. The van der Waals surface area contributed by atoms with E-state index in [0.29, 0.717) is 19.3 Å². The smallest absolute Gasteiger partial charge is 0.238 e. The molecule has 0 aromatic carbocycles. The molecule has 0 unspecified atom stereocenters. The lowest BCUT2D eigenvalue weighted by Crippen LogP contribution is -2.41. The van der Waals surface area contributed by atoms with Gasteiger partial charge in [-0.15, -0.1) is 0 Å². The topological polar surface area (TPSA) is 58.2 Å². The van der Waals surface area contributed by atoms with E-state index in [1.54, 1.807) is 0 Å². The highest BCUT2D eigenvalue weighted by atomic mass is 19.1. The van der Waals surface area contributed by atoms with Crippen LogP contribution in [-0.4, -0.2) is 18.5 Å². The van der Waals surface area contributed by atoms with Crippen LogP contribution in [0.1, 0.15) is 45.4 Å². The summed E-state index contributed by atoms with van der Waals surface area (Å²) in [5.41, 5.74) is 4.60. The van der Waals surface area contributed by atoms with Crippen LogP contribution in [0.25, 0.3) is 0 Å². The normalized spacial score (nSPS) is 9.73. The van der Waals surface area contributed by atoms with Crippen molar-refractivity contribution in [3.8, 4) is 0 Å². The van der Waals surface area contributed by atoms with E-state index in [2.05, 4.69) is 10.9 Å². The summed E-state index contributed by atoms with van der Waals surface area (Å²) in [6.45, 7) is 1.58. The van der Waals surface area contributed by atoms with E-state index in [9.17, 15) is 14.0 Å². The number of nitrogens with one attached hydrogen (secondary N) is 2. The van der Waals surface area contributed by atoms with E-state index in [0.717, 1.165) is 12.8 Å². The van der Waals surface area contributed by atoms with Gasteiger partial charge in [-0.1, -0.05) is 13.3 Å². The fraction of sp³-hybridized carbons (Fsp3) is 0.800. The van der Waals surface area contributed by atoms with Gasteiger partial charge in [0.05, 0.1) is 6.67 Å². The third kappa shape index (κ3) is 9.18. The molecule has 0 aromatic rings. The van der Waals surface area contributed by atoms with Crippen LogP contribution in [0.5, 0.6) is 0 Å². The minimum atomic E-state index is -0.407. The molecule has 0 aliphatic heterocycles. The number of hydrogen-bond acceptors (Lipinski definition) is 2. The minimum absolute atomic E-state index is 0.185. The van der Waals surface area contributed by atoms with Crippen LogP contribution < -0.4 is 10.9 Å². The number of alkyl halides is 1.